The van der Waals surface area contributed by atoms with E-state index in [1.165, 1.54) is 11.3 Å². The molecular weight excluding hydrogens is 400 g/mol. The van der Waals surface area contributed by atoms with Crippen LogP contribution in [0.5, 0.6) is 5.75 Å². The second kappa shape index (κ2) is 6.27. The Balaban J connectivity index is 1.41. The van der Waals surface area contributed by atoms with Gasteiger partial charge < -0.3 is 9.15 Å². The molecule has 1 aliphatic rings. The van der Waals surface area contributed by atoms with E-state index in [2.05, 4.69) is 4.98 Å². The quantitative estimate of drug-likeness (QED) is 0.304. The molecule has 0 saturated carbocycles. The lowest BCUT2D eigenvalue weighted by atomic mass is 10.1. The Morgan fingerprint density at radius 2 is 2.00 bits per heavy atom. The number of aryl methyl sites for hydroxylation is 2. The van der Waals surface area contributed by atoms with Crippen LogP contribution in [0.1, 0.15) is 27.5 Å². The number of para-hydroxylation sites is 1. The van der Waals surface area contributed by atoms with Gasteiger partial charge in [0, 0.05) is 23.7 Å². The molecule has 0 radical (unpaired) electrons. The van der Waals surface area contributed by atoms with Crippen LogP contribution in [0.15, 0.2) is 51.7 Å². The number of furan rings is 1. The number of esters is 1. The molecule has 6 nitrogen and oxygen atoms in total. The van der Waals surface area contributed by atoms with Gasteiger partial charge in [-0.25, -0.2) is 9.78 Å². The van der Waals surface area contributed by atoms with Crippen molar-refractivity contribution in [1.82, 2.24) is 9.55 Å². The van der Waals surface area contributed by atoms with Gasteiger partial charge in [0.05, 0.1) is 5.39 Å². The molecule has 0 saturated heterocycles. The summed E-state index contributed by atoms with van der Waals surface area (Å²) in [5, 5.41) is 2.38. The summed E-state index contributed by atoms with van der Waals surface area (Å²) in [6.07, 6.45) is 1.72. The fraction of sp³-hybridized carbons (Fsp3) is 0.174. The van der Waals surface area contributed by atoms with Crippen LogP contribution < -0.4 is 10.3 Å². The Hall–Kier alpha value is -3.45. The lowest BCUT2D eigenvalue weighted by molar-refractivity contribution is 0.0739. The van der Waals surface area contributed by atoms with Gasteiger partial charge in [0.15, 0.2) is 0 Å². The summed E-state index contributed by atoms with van der Waals surface area (Å²) in [6.45, 7) is 2.47. The van der Waals surface area contributed by atoms with Crippen LogP contribution in [-0.2, 0) is 13.0 Å². The molecule has 0 aliphatic carbocycles. The van der Waals surface area contributed by atoms with Crippen LogP contribution in [0.4, 0.5) is 0 Å². The predicted octanol–water partition coefficient (Wildman–Crippen LogP) is 4.83. The van der Waals surface area contributed by atoms with E-state index in [0.29, 0.717) is 33.0 Å². The molecule has 7 heteroatoms. The van der Waals surface area contributed by atoms with E-state index < -0.39 is 5.97 Å². The molecule has 4 heterocycles. The Labute approximate surface area is 174 Å². The summed E-state index contributed by atoms with van der Waals surface area (Å²) >= 11 is 1.22. The highest BCUT2D eigenvalue weighted by atomic mass is 32.1. The number of thiophene rings is 1. The molecule has 0 fully saturated rings. The maximum Gasteiger partial charge on any atom is 0.354 e. The maximum atomic E-state index is 12.9. The number of hydrogen-bond acceptors (Lipinski definition) is 6. The second-order valence-electron chi connectivity index (χ2n) is 7.47. The monoisotopic (exact) mass is 416 g/mol. The van der Waals surface area contributed by atoms with E-state index in [9.17, 15) is 9.59 Å². The maximum absolute atomic E-state index is 12.9. The third kappa shape index (κ3) is 2.45. The summed E-state index contributed by atoms with van der Waals surface area (Å²) < 4.78 is 13.2. The fourth-order valence-corrected chi connectivity index (χ4v) is 5.26. The van der Waals surface area contributed by atoms with Gasteiger partial charge in [0.25, 0.3) is 5.56 Å². The van der Waals surface area contributed by atoms with Crippen LogP contribution in [0.3, 0.4) is 0 Å². The Kier molecular flexibility index (Phi) is 3.64. The number of fused-ring (bicyclic) bond motifs is 5. The smallest absolute Gasteiger partial charge is 0.354 e. The van der Waals surface area contributed by atoms with Gasteiger partial charge in [-0.15, -0.1) is 11.3 Å². The Morgan fingerprint density at radius 1 is 1.17 bits per heavy atom. The third-order valence-electron chi connectivity index (χ3n) is 5.66. The number of aromatic nitrogens is 2. The molecule has 30 heavy (non-hydrogen) atoms. The molecule has 0 spiro atoms. The van der Waals surface area contributed by atoms with E-state index in [4.69, 9.17) is 9.15 Å². The number of nitrogens with zero attached hydrogens (tertiary/aromatic N) is 2. The van der Waals surface area contributed by atoms with Gasteiger partial charge in [-0.2, -0.15) is 0 Å². The zero-order chi connectivity index (χ0) is 20.4. The first-order chi connectivity index (χ1) is 14.6. The Bertz CT molecular complexity index is 1560. The lowest BCUT2D eigenvalue weighted by Crippen LogP contribution is -2.20. The second-order valence-corrected chi connectivity index (χ2v) is 8.47. The van der Waals surface area contributed by atoms with Gasteiger partial charge in [-0.1, -0.05) is 18.2 Å². The van der Waals surface area contributed by atoms with E-state index in [1.807, 2.05) is 30.3 Å². The van der Waals surface area contributed by atoms with Crippen molar-refractivity contribution in [1.29, 1.82) is 0 Å². The average molecular weight is 416 g/mol. The normalized spacial score (nSPS) is 13.4. The summed E-state index contributed by atoms with van der Waals surface area (Å²) in [4.78, 5) is 31.4. The lowest BCUT2D eigenvalue weighted by Gasteiger charge is -2.04. The zero-order valence-electron chi connectivity index (χ0n) is 16.1. The van der Waals surface area contributed by atoms with Gasteiger partial charge in [-0.05, 0) is 43.2 Å². The minimum Gasteiger partial charge on any atom is -0.456 e. The number of benzene rings is 2. The molecule has 148 valence electrons. The number of rotatable bonds is 2. The summed E-state index contributed by atoms with van der Waals surface area (Å²) in [7, 11) is 0. The molecule has 0 N–H and O–H groups in total. The van der Waals surface area contributed by atoms with Gasteiger partial charge in [0.1, 0.15) is 32.4 Å². The Morgan fingerprint density at radius 3 is 2.90 bits per heavy atom. The van der Waals surface area contributed by atoms with Crippen molar-refractivity contribution in [3.05, 3.63) is 69.1 Å². The fourth-order valence-electron chi connectivity index (χ4n) is 4.19. The highest BCUT2D eigenvalue weighted by molar-refractivity contribution is 7.20. The molecule has 0 unspecified atom stereocenters. The number of ether oxygens (including phenoxy) is 1. The highest BCUT2D eigenvalue weighted by Gasteiger charge is 2.24. The van der Waals surface area contributed by atoms with Crippen LogP contribution in [0.25, 0.3) is 32.2 Å². The number of hydrogen-bond donors (Lipinski definition) is 0. The topological polar surface area (TPSA) is 74.3 Å². The number of carbonyl (C=O) groups is 1. The SMILES string of the molecule is Cc1c(C(=O)Oc2ccc3oc4ccccc4c3c2)sc2nc3n(c(=O)c12)CCC3. The van der Waals surface area contributed by atoms with Gasteiger partial charge in [0.2, 0.25) is 0 Å². The number of carbonyl (C=O) groups excluding carboxylic acids is 1. The van der Waals surface area contributed by atoms with Crippen LogP contribution in [0, 0.1) is 6.92 Å². The predicted molar refractivity (Wildman–Crippen MR) is 116 cm³/mol. The van der Waals surface area contributed by atoms with Crippen molar-refractivity contribution in [2.24, 2.45) is 0 Å². The summed E-state index contributed by atoms with van der Waals surface area (Å²) in [6, 6.07) is 13.1. The standard InChI is InChI=1S/C23H16N2O4S/c1-12-19-21(24-18-7-4-10-25(18)22(19)26)30-20(12)23(27)28-13-8-9-17-15(11-13)14-5-2-3-6-16(14)29-17/h2-3,5-6,8-9,11H,4,7,10H2,1H3. The molecule has 0 bridgehead atoms. The largest absolute Gasteiger partial charge is 0.456 e. The van der Waals surface area contributed by atoms with Gasteiger partial charge in [-0.3, -0.25) is 9.36 Å². The molecule has 0 atom stereocenters. The van der Waals surface area contributed by atoms with Crippen molar-refractivity contribution in [3.63, 3.8) is 0 Å². The summed E-state index contributed by atoms with van der Waals surface area (Å²) in [5.74, 6) is 0.751. The van der Waals surface area contributed by atoms with Crippen molar-refractivity contribution >= 4 is 49.5 Å². The first-order valence-corrected chi connectivity index (χ1v) is 10.6. The molecule has 0 amide bonds. The highest BCUT2D eigenvalue weighted by Crippen LogP contribution is 2.33. The van der Waals surface area contributed by atoms with E-state index >= 15 is 0 Å². The molecule has 2 aromatic carbocycles. The average Bonchev–Trinajstić information content (AvgIpc) is 3.44. The zero-order valence-corrected chi connectivity index (χ0v) is 16.9. The first-order valence-electron chi connectivity index (χ1n) is 9.76. The van der Waals surface area contributed by atoms with Gasteiger partial charge >= 0.3 is 5.97 Å². The minimum atomic E-state index is -0.479. The van der Waals surface area contributed by atoms with Crippen LogP contribution in [0.2, 0.25) is 0 Å². The summed E-state index contributed by atoms with van der Waals surface area (Å²) in [5.41, 5.74) is 2.10. The molecule has 1 aliphatic heterocycles. The van der Waals surface area contributed by atoms with Crippen molar-refractivity contribution in [3.8, 4) is 5.75 Å². The third-order valence-corrected chi connectivity index (χ3v) is 6.82. The van der Waals surface area contributed by atoms with E-state index in [0.717, 1.165) is 40.6 Å². The molecule has 3 aromatic heterocycles. The van der Waals surface area contributed by atoms with Crippen molar-refractivity contribution in [2.75, 3.05) is 0 Å². The molecule has 6 rings (SSSR count). The van der Waals surface area contributed by atoms with Crippen molar-refractivity contribution < 1.29 is 13.9 Å². The van der Waals surface area contributed by atoms with Crippen LogP contribution >= 0.6 is 11.3 Å². The first kappa shape index (κ1) is 17.4. The van der Waals surface area contributed by atoms with E-state index in [-0.39, 0.29) is 5.56 Å². The van der Waals surface area contributed by atoms with Crippen molar-refractivity contribution in [2.45, 2.75) is 26.3 Å². The molecule has 5 aromatic rings. The van der Waals surface area contributed by atoms with E-state index in [1.54, 1.807) is 23.6 Å². The van der Waals surface area contributed by atoms with Crippen LogP contribution in [-0.4, -0.2) is 15.5 Å². The minimum absolute atomic E-state index is 0.0633. The molecular formula is C23H16N2O4S.